The smallest absolute Gasteiger partial charge is 0.305 e. The second kappa shape index (κ2) is 10.7. The molecule has 180 valence electrons. The number of rotatable bonds is 9. The van der Waals surface area contributed by atoms with Gasteiger partial charge in [0.15, 0.2) is 0 Å². The number of carbonyl (C=O) groups is 1. The molecule has 0 fully saturated rings. The van der Waals surface area contributed by atoms with Gasteiger partial charge in [0.25, 0.3) is 0 Å². The van der Waals surface area contributed by atoms with Gasteiger partial charge in [0.2, 0.25) is 7.37 Å². The Balaban J connectivity index is 2.67. The number of aliphatic carboxylic acids is 1. The lowest BCUT2D eigenvalue weighted by molar-refractivity contribution is -0.138. The maximum absolute atomic E-state index is 13.6. The Kier molecular flexibility index (Phi) is 8.75. The second-order valence-electron chi connectivity index (χ2n) is 9.42. The molecular weight excluding hydrogens is 444 g/mol. The maximum atomic E-state index is 13.6. The molecule has 0 saturated carbocycles. The number of nitrogens with zero attached hydrogens (tertiary/aromatic N) is 1. The number of hydrogen-bond acceptors (Lipinski definition) is 5. The number of aromatic nitrogens is 1. The van der Waals surface area contributed by atoms with Crippen molar-refractivity contribution in [2.24, 2.45) is 0 Å². The third kappa shape index (κ3) is 7.32. The molecule has 6 nitrogen and oxygen atoms in total. The highest BCUT2D eigenvalue weighted by Crippen LogP contribution is 2.49. The van der Waals surface area contributed by atoms with Crippen molar-refractivity contribution in [2.45, 2.75) is 58.5 Å². The van der Waals surface area contributed by atoms with Crippen LogP contribution in [0.2, 0.25) is 0 Å². The average Bonchev–Trinajstić information content (AvgIpc) is 2.70. The minimum absolute atomic E-state index is 0.0330. The van der Waals surface area contributed by atoms with E-state index in [-0.39, 0.29) is 23.3 Å². The Hall–Kier alpha value is -2.34. The summed E-state index contributed by atoms with van der Waals surface area (Å²) in [6, 6.07) is 8.10. The monoisotopic (exact) mass is 477 g/mol. The van der Waals surface area contributed by atoms with Crippen LogP contribution in [0.1, 0.15) is 63.9 Å². The van der Waals surface area contributed by atoms with Crippen LogP contribution in [-0.4, -0.2) is 40.5 Å². The molecule has 0 bridgehead atoms. The maximum Gasteiger partial charge on any atom is 0.305 e. The number of aliphatic hydroxyl groups excluding tert-OH is 1. The van der Waals surface area contributed by atoms with Crippen LogP contribution in [0.4, 0.5) is 4.39 Å². The molecule has 0 aliphatic heterocycles. The normalized spacial score (nSPS) is 15.1. The van der Waals surface area contributed by atoms with Gasteiger partial charge >= 0.3 is 5.97 Å². The van der Waals surface area contributed by atoms with Gasteiger partial charge in [0.05, 0.1) is 24.4 Å². The van der Waals surface area contributed by atoms with Gasteiger partial charge < -0.3 is 14.7 Å². The Bertz CT molecular complexity index is 1060. The fourth-order valence-electron chi connectivity index (χ4n) is 3.39. The predicted molar refractivity (Wildman–Crippen MR) is 129 cm³/mol. The van der Waals surface area contributed by atoms with E-state index in [1.165, 1.54) is 25.1 Å². The van der Waals surface area contributed by atoms with Crippen LogP contribution in [0.15, 0.2) is 36.1 Å². The van der Waals surface area contributed by atoms with Crippen molar-refractivity contribution in [2.75, 3.05) is 13.3 Å². The highest BCUT2D eigenvalue weighted by atomic mass is 31.2. The van der Waals surface area contributed by atoms with Gasteiger partial charge in [-0.2, -0.15) is 0 Å². The summed E-state index contributed by atoms with van der Waals surface area (Å²) in [5.41, 5.74) is 3.73. The Labute approximate surface area is 195 Å². The molecule has 0 radical (unpaired) electrons. The molecule has 2 aromatic rings. The first-order chi connectivity index (χ1) is 15.3. The van der Waals surface area contributed by atoms with Crippen molar-refractivity contribution in [1.29, 1.82) is 0 Å². The number of carboxylic acids is 1. The van der Waals surface area contributed by atoms with Gasteiger partial charge in [-0.15, -0.1) is 0 Å². The van der Waals surface area contributed by atoms with Gasteiger partial charge in [-0.3, -0.25) is 14.3 Å². The molecular formula is C25H33FNO5P. The molecule has 0 aliphatic carbocycles. The average molecular weight is 478 g/mol. The lowest BCUT2D eigenvalue weighted by atomic mass is 9.86. The molecule has 1 aromatic carbocycles. The molecule has 0 spiro atoms. The summed E-state index contributed by atoms with van der Waals surface area (Å²) in [5.74, 6) is -0.103. The Morgan fingerprint density at radius 1 is 1.24 bits per heavy atom. The standard InChI is InChI=1S/C25H33FNO5P/c1-16(2)24-20(11-12-33(31,32-6)15-19(28)13-23(29)30)21(14-22(27-24)25(3,4)5)17-7-9-18(26)10-8-17/h7-12,14,16,19,28H,13,15H2,1-6H3,(H,29,30)/b12-11+/t19-,33?/m0/s1. The highest BCUT2D eigenvalue weighted by Gasteiger charge is 2.26. The lowest BCUT2D eigenvalue weighted by Gasteiger charge is -2.24. The number of hydrogen-bond donors (Lipinski definition) is 2. The van der Waals surface area contributed by atoms with Crippen molar-refractivity contribution in [3.8, 4) is 11.1 Å². The van der Waals surface area contributed by atoms with Crippen molar-refractivity contribution in [3.63, 3.8) is 0 Å². The van der Waals surface area contributed by atoms with E-state index in [9.17, 15) is 18.9 Å². The van der Waals surface area contributed by atoms with Gasteiger partial charge in [-0.1, -0.05) is 46.8 Å². The zero-order valence-electron chi connectivity index (χ0n) is 20.0. The summed E-state index contributed by atoms with van der Waals surface area (Å²) in [5, 5.41) is 18.9. The van der Waals surface area contributed by atoms with Gasteiger partial charge in [-0.25, -0.2) is 4.39 Å². The molecule has 2 rings (SSSR count). The second-order valence-corrected chi connectivity index (χ2v) is 11.9. The number of pyridine rings is 1. The van der Waals surface area contributed by atoms with Crippen molar-refractivity contribution in [1.82, 2.24) is 4.98 Å². The van der Waals surface area contributed by atoms with E-state index in [2.05, 4.69) is 20.8 Å². The van der Waals surface area contributed by atoms with Gasteiger partial charge in [0, 0.05) is 29.6 Å². The van der Waals surface area contributed by atoms with Crippen LogP contribution >= 0.6 is 7.37 Å². The van der Waals surface area contributed by atoms with Crippen LogP contribution in [0.25, 0.3) is 17.2 Å². The third-order valence-electron chi connectivity index (χ3n) is 5.21. The van der Waals surface area contributed by atoms with E-state index in [4.69, 9.17) is 14.6 Å². The Morgan fingerprint density at radius 3 is 2.33 bits per heavy atom. The molecule has 2 atom stereocenters. The highest BCUT2D eigenvalue weighted by molar-refractivity contribution is 7.62. The molecule has 1 heterocycles. The molecule has 1 aromatic heterocycles. The molecule has 0 saturated heterocycles. The fraction of sp³-hybridized carbons (Fsp3) is 0.440. The number of carboxylic acid groups (broad SMARTS) is 1. The summed E-state index contributed by atoms with van der Waals surface area (Å²) in [6.07, 6.45) is -0.491. The summed E-state index contributed by atoms with van der Waals surface area (Å²) >= 11 is 0. The minimum Gasteiger partial charge on any atom is -0.481 e. The summed E-state index contributed by atoms with van der Waals surface area (Å²) in [4.78, 5) is 15.8. The van der Waals surface area contributed by atoms with Gasteiger partial charge in [0.1, 0.15) is 5.82 Å². The number of benzene rings is 1. The SMILES string of the molecule is COP(=O)(/C=C/c1c(-c2ccc(F)cc2)cc(C(C)(C)C)nc1C(C)C)C[C@@H](O)CC(=O)O. The van der Waals surface area contributed by atoms with Crippen LogP contribution in [0, 0.1) is 5.82 Å². The van der Waals surface area contributed by atoms with Crippen molar-refractivity contribution < 1.29 is 28.5 Å². The quantitative estimate of drug-likeness (QED) is 0.428. The van der Waals surface area contributed by atoms with Crippen LogP contribution in [0.3, 0.4) is 0 Å². The van der Waals surface area contributed by atoms with E-state index in [0.717, 1.165) is 28.1 Å². The number of aliphatic hydroxyl groups is 1. The first kappa shape index (κ1) is 26.9. The molecule has 0 aliphatic rings. The van der Waals surface area contributed by atoms with E-state index < -0.39 is 25.9 Å². The molecule has 2 N–H and O–H groups in total. The molecule has 1 unspecified atom stereocenters. The van der Waals surface area contributed by atoms with Crippen molar-refractivity contribution >= 4 is 19.4 Å². The van der Waals surface area contributed by atoms with E-state index >= 15 is 0 Å². The first-order valence-corrected chi connectivity index (χ1v) is 12.7. The zero-order valence-corrected chi connectivity index (χ0v) is 20.9. The van der Waals surface area contributed by atoms with Crippen LogP contribution in [0.5, 0.6) is 0 Å². The third-order valence-corrected chi connectivity index (χ3v) is 7.36. The minimum atomic E-state index is -3.47. The van der Waals surface area contributed by atoms with Crippen molar-refractivity contribution in [3.05, 3.63) is 58.9 Å². The topological polar surface area (TPSA) is 96.7 Å². The van der Waals surface area contributed by atoms with E-state index in [1.807, 2.05) is 19.9 Å². The van der Waals surface area contributed by atoms with E-state index in [1.54, 1.807) is 18.2 Å². The summed E-state index contributed by atoms with van der Waals surface area (Å²) in [7, 11) is -2.21. The molecule has 33 heavy (non-hydrogen) atoms. The van der Waals surface area contributed by atoms with Crippen LogP contribution in [-0.2, 0) is 19.3 Å². The summed E-state index contributed by atoms with van der Waals surface area (Å²) < 4.78 is 32.0. The predicted octanol–water partition coefficient (Wildman–Crippen LogP) is 6.04. The Morgan fingerprint density at radius 2 is 1.85 bits per heavy atom. The molecule has 0 amide bonds. The summed E-state index contributed by atoms with van der Waals surface area (Å²) in [6.45, 7) is 10.2. The van der Waals surface area contributed by atoms with E-state index in [0.29, 0.717) is 0 Å². The molecule has 8 heteroatoms. The van der Waals surface area contributed by atoms with Gasteiger partial charge in [-0.05, 0) is 41.3 Å². The van der Waals surface area contributed by atoms with Crippen LogP contribution < -0.4 is 0 Å². The largest absolute Gasteiger partial charge is 0.481 e. The number of halogens is 1. The fourth-order valence-corrected chi connectivity index (χ4v) is 4.87. The zero-order chi connectivity index (χ0) is 25.0. The first-order valence-electron chi connectivity index (χ1n) is 10.8. The lowest BCUT2D eigenvalue weighted by Crippen LogP contribution is -2.17.